The number of hydrogen-bond donors (Lipinski definition) is 1. The van der Waals surface area contributed by atoms with Crippen LogP contribution in [0.5, 0.6) is 0 Å². The fourth-order valence-corrected chi connectivity index (χ4v) is 3.50. The first kappa shape index (κ1) is 18.2. The molecule has 144 valence electrons. The Bertz CT molecular complexity index is 1040. The number of benzene rings is 2. The number of carbonyl (C=O) groups is 2. The Morgan fingerprint density at radius 3 is 2.50 bits per heavy atom. The summed E-state index contributed by atoms with van der Waals surface area (Å²) in [5, 5.41) is 3.31. The molecule has 1 saturated heterocycles. The number of rotatable bonds is 3. The molecule has 5 nitrogen and oxygen atoms in total. The highest BCUT2D eigenvalue weighted by Gasteiger charge is 2.29. The molecule has 28 heavy (non-hydrogen) atoms. The van der Waals surface area contributed by atoms with E-state index in [4.69, 9.17) is 4.42 Å². The molecular weight excluding hydrogens is 359 g/mol. The normalized spacial score (nSPS) is 15.0. The van der Waals surface area contributed by atoms with E-state index in [1.165, 1.54) is 18.2 Å². The zero-order valence-electron chi connectivity index (χ0n) is 15.6. The van der Waals surface area contributed by atoms with Gasteiger partial charge in [-0.25, -0.2) is 4.39 Å². The van der Waals surface area contributed by atoms with Crippen LogP contribution in [-0.2, 0) is 0 Å². The minimum absolute atomic E-state index is 0.0837. The van der Waals surface area contributed by atoms with Gasteiger partial charge in [0.15, 0.2) is 0 Å². The van der Waals surface area contributed by atoms with E-state index in [1.54, 1.807) is 35.2 Å². The quantitative estimate of drug-likeness (QED) is 0.717. The third kappa shape index (κ3) is 3.38. The smallest absolute Gasteiger partial charge is 0.291 e. The molecule has 2 amide bonds. The average Bonchev–Trinajstić information content (AvgIpc) is 3.07. The van der Waals surface area contributed by atoms with Gasteiger partial charge in [-0.05, 0) is 43.0 Å². The van der Waals surface area contributed by atoms with Crippen molar-refractivity contribution in [2.24, 2.45) is 5.92 Å². The largest absolute Gasteiger partial charge is 0.449 e. The van der Waals surface area contributed by atoms with E-state index in [9.17, 15) is 14.0 Å². The SMILES string of the molecule is CC1CCN(C(=O)c2oc3ccccc3c2NC(=O)c2ccccc2F)CC1. The molecule has 0 unspecified atom stereocenters. The Labute approximate surface area is 162 Å². The average molecular weight is 380 g/mol. The van der Waals surface area contributed by atoms with Crippen LogP contribution in [0.1, 0.15) is 40.7 Å². The second-order valence-electron chi connectivity index (χ2n) is 7.21. The molecule has 0 saturated carbocycles. The topological polar surface area (TPSA) is 62.6 Å². The molecule has 1 N–H and O–H groups in total. The first-order valence-corrected chi connectivity index (χ1v) is 9.41. The summed E-state index contributed by atoms with van der Waals surface area (Å²) in [7, 11) is 0. The minimum atomic E-state index is -0.620. The van der Waals surface area contributed by atoms with E-state index in [0.29, 0.717) is 30.0 Å². The van der Waals surface area contributed by atoms with E-state index >= 15 is 0 Å². The number of carbonyl (C=O) groups excluding carboxylic acids is 2. The van der Waals surface area contributed by atoms with Crippen molar-refractivity contribution in [1.29, 1.82) is 0 Å². The minimum Gasteiger partial charge on any atom is -0.449 e. The van der Waals surface area contributed by atoms with Crippen LogP contribution in [0.3, 0.4) is 0 Å². The van der Waals surface area contributed by atoms with Gasteiger partial charge in [-0.2, -0.15) is 0 Å². The molecule has 1 aliphatic rings. The predicted molar refractivity (Wildman–Crippen MR) is 105 cm³/mol. The van der Waals surface area contributed by atoms with Crippen molar-refractivity contribution < 1.29 is 18.4 Å². The maximum Gasteiger partial charge on any atom is 0.291 e. The summed E-state index contributed by atoms with van der Waals surface area (Å²) in [4.78, 5) is 27.5. The number of furan rings is 1. The van der Waals surface area contributed by atoms with E-state index in [2.05, 4.69) is 12.2 Å². The maximum atomic E-state index is 14.0. The number of nitrogens with one attached hydrogen (secondary N) is 1. The molecule has 0 bridgehead atoms. The first-order valence-electron chi connectivity index (χ1n) is 9.41. The Balaban J connectivity index is 1.70. The number of piperidine rings is 1. The number of anilines is 1. The fourth-order valence-electron chi connectivity index (χ4n) is 3.50. The highest BCUT2D eigenvalue weighted by molar-refractivity contribution is 6.14. The van der Waals surface area contributed by atoms with Gasteiger partial charge >= 0.3 is 0 Å². The summed E-state index contributed by atoms with van der Waals surface area (Å²) in [6.45, 7) is 3.47. The number of para-hydroxylation sites is 1. The highest BCUT2D eigenvalue weighted by atomic mass is 19.1. The molecule has 0 radical (unpaired) electrons. The van der Waals surface area contributed by atoms with Crippen molar-refractivity contribution in [3.63, 3.8) is 0 Å². The molecule has 0 spiro atoms. The van der Waals surface area contributed by atoms with Crippen molar-refractivity contribution >= 4 is 28.5 Å². The molecule has 0 atom stereocenters. The molecule has 4 rings (SSSR count). The van der Waals surface area contributed by atoms with Crippen LogP contribution >= 0.6 is 0 Å². The van der Waals surface area contributed by atoms with Crippen LogP contribution in [-0.4, -0.2) is 29.8 Å². The lowest BCUT2D eigenvalue weighted by Gasteiger charge is -2.29. The number of fused-ring (bicyclic) bond motifs is 1. The van der Waals surface area contributed by atoms with Crippen molar-refractivity contribution in [2.75, 3.05) is 18.4 Å². The van der Waals surface area contributed by atoms with Gasteiger partial charge in [-0.15, -0.1) is 0 Å². The lowest BCUT2D eigenvalue weighted by molar-refractivity contribution is 0.0669. The predicted octanol–water partition coefficient (Wildman–Crippen LogP) is 4.70. The van der Waals surface area contributed by atoms with E-state index in [1.807, 2.05) is 0 Å². The summed E-state index contributed by atoms with van der Waals surface area (Å²) in [5.41, 5.74) is 0.700. The van der Waals surface area contributed by atoms with Gasteiger partial charge < -0.3 is 14.6 Å². The standard InChI is InChI=1S/C22H21FN2O3/c1-14-10-12-25(13-11-14)22(27)20-19(16-7-3-5-9-18(16)28-20)24-21(26)15-6-2-4-8-17(15)23/h2-9,14H,10-13H2,1H3,(H,24,26). The van der Waals surface area contributed by atoms with Crippen LogP contribution < -0.4 is 5.32 Å². The second kappa shape index (κ2) is 7.46. The molecule has 1 aromatic heterocycles. The van der Waals surface area contributed by atoms with Gasteiger partial charge in [0.1, 0.15) is 17.1 Å². The zero-order chi connectivity index (χ0) is 19.7. The molecule has 3 aromatic rings. The highest BCUT2D eigenvalue weighted by Crippen LogP contribution is 2.33. The van der Waals surface area contributed by atoms with Crippen molar-refractivity contribution in [3.8, 4) is 0 Å². The summed E-state index contributed by atoms with van der Waals surface area (Å²) in [5.74, 6) is -0.830. The molecule has 2 aromatic carbocycles. The Morgan fingerprint density at radius 1 is 1.07 bits per heavy atom. The number of nitrogens with zero attached hydrogens (tertiary/aromatic N) is 1. The van der Waals surface area contributed by atoms with Crippen LogP contribution in [0, 0.1) is 11.7 Å². The van der Waals surface area contributed by atoms with E-state index in [-0.39, 0.29) is 22.9 Å². The summed E-state index contributed by atoms with van der Waals surface area (Å²) in [6.07, 6.45) is 1.87. The summed E-state index contributed by atoms with van der Waals surface area (Å²) in [6, 6.07) is 12.8. The third-order valence-electron chi connectivity index (χ3n) is 5.22. The molecule has 6 heteroatoms. The van der Waals surface area contributed by atoms with Gasteiger partial charge in [-0.3, -0.25) is 9.59 Å². The lowest BCUT2D eigenvalue weighted by Crippen LogP contribution is -2.38. The number of hydrogen-bond acceptors (Lipinski definition) is 3. The van der Waals surface area contributed by atoms with Crippen LogP contribution in [0.25, 0.3) is 11.0 Å². The zero-order valence-corrected chi connectivity index (χ0v) is 15.6. The van der Waals surface area contributed by atoms with Crippen molar-refractivity contribution in [3.05, 3.63) is 65.7 Å². The number of likely N-dealkylation sites (tertiary alicyclic amines) is 1. The molecule has 2 heterocycles. The molecule has 0 aliphatic carbocycles. The van der Waals surface area contributed by atoms with Crippen molar-refractivity contribution in [1.82, 2.24) is 4.90 Å². The molecular formula is C22H21FN2O3. The van der Waals surface area contributed by atoms with Crippen LogP contribution in [0.4, 0.5) is 10.1 Å². The number of halogens is 1. The lowest BCUT2D eigenvalue weighted by atomic mass is 9.99. The second-order valence-corrected chi connectivity index (χ2v) is 7.21. The summed E-state index contributed by atoms with van der Waals surface area (Å²) >= 11 is 0. The first-order chi connectivity index (χ1) is 13.5. The summed E-state index contributed by atoms with van der Waals surface area (Å²) < 4.78 is 19.8. The van der Waals surface area contributed by atoms with Gasteiger partial charge in [-0.1, -0.05) is 31.2 Å². The number of amides is 2. The van der Waals surface area contributed by atoms with Gasteiger partial charge in [0.25, 0.3) is 11.8 Å². The third-order valence-corrected chi connectivity index (χ3v) is 5.22. The van der Waals surface area contributed by atoms with Gasteiger partial charge in [0.2, 0.25) is 5.76 Å². The van der Waals surface area contributed by atoms with Gasteiger partial charge in [0.05, 0.1) is 5.56 Å². The Morgan fingerprint density at radius 2 is 1.75 bits per heavy atom. The van der Waals surface area contributed by atoms with E-state index in [0.717, 1.165) is 12.8 Å². The Hall–Kier alpha value is -3.15. The van der Waals surface area contributed by atoms with Crippen LogP contribution in [0.15, 0.2) is 52.9 Å². The maximum absolute atomic E-state index is 14.0. The van der Waals surface area contributed by atoms with Gasteiger partial charge in [0, 0.05) is 18.5 Å². The molecule has 1 fully saturated rings. The molecule has 1 aliphatic heterocycles. The van der Waals surface area contributed by atoms with Crippen LogP contribution in [0.2, 0.25) is 0 Å². The Kier molecular flexibility index (Phi) is 4.86. The monoisotopic (exact) mass is 380 g/mol. The fraction of sp³-hybridized carbons (Fsp3) is 0.273. The van der Waals surface area contributed by atoms with Crippen molar-refractivity contribution in [2.45, 2.75) is 19.8 Å². The van der Waals surface area contributed by atoms with E-state index < -0.39 is 11.7 Å².